The molecule has 2 amide bonds. The maximum atomic E-state index is 12.9. The number of anilines is 2. The number of ether oxygens (including phenoxy) is 2. The lowest BCUT2D eigenvalue weighted by Gasteiger charge is -2.23. The number of nitrogens with one attached hydrogen (secondary N) is 1. The van der Waals surface area contributed by atoms with Gasteiger partial charge in [0, 0.05) is 30.2 Å². The molecule has 0 saturated carbocycles. The summed E-state index contributed by atoms with van der Waals surface area (Å²) in [6.45, 7) is 1.62. The summed E-state index contributed by atoms with van der Waals surface area (Å²) >= 11 is 1.65. The Hall–Kier alpha value is -2.51. The number of hydrogen-bond acceptors (Lipinski definition) is 5. The van der Waals surface area contributed by atoms with Gasteiger partial charge >= 0.3 is 0 Å². The van der Waals surface area contributed by atoms with Crippen LogP contribution in [0.3, 0.4) is 0 Å². The van der Waals surface area contributed by atoms with E-state index in [0.717, 1.165) is 36.5 Å². The molecule has 1 N–H and O–H groups in total. The highest BCUT2D eigenvalue weighted by Gasteiger charge is 2.35. The molecule has 2 aliphatic rings. The zero-order chi connectivity index (χ0) is 21.6. The van der Waals surface area contributed by atoms with Crippen molar-refractivity contribution in [2.24, 2.45) is 5.92 Å². The van der Waals surface area contributed by atoms with Gasteiger partial charge in [-0.1, -0.05) is 12.1 Å². The lowest BCUT2D eigenvalue weighted by molar-refractivity contribution is -0.122. The minimum atomic E-state index is -0.400. The van der Waals surface area contributed by atoms with E-state index in [1.807, 2.05) is 54.8 Å². The smallest absolute Gasteiger partial charge is 0.229 e. The molecule has 2 heterocycles. The van der Waals surface area contributed by atoms with Crippen molar-refractivity contribution in [2.75, 3.05) is 36.2 Å². The van der Waals surface area contributed by atoms with E-state index in [4.69, 9.17) is 9.47 Å². The van der Waals surface area contributed by atoms with E-state index in [1.54, 1.807) is 16.7 Å². The van der Waals surface area contributed by atoms with Gasteiger partial charge in [0.2, 0.25) is 11.8 Å². The van der Waals surface area contributed by atoms with Crippen molar-refractivity contribution in [3.8, 4) is 5.75 Å². The largest absolute Gasteiger partial charge is 0.489 e. The summed E-state index contributed by atoms with van der Waals surface area (Å²) in [6, 6.07) is 15.3. The highest BCUT2D eigenvalue weighted by molar-refractivity contribution is 7.98. The molecule has 31 heavy (non-hydrogen) atoms. The van der Waals surface area contributed by atoms with Crippen LogP contribution in [-0.2, 0) is 14.3 Å². The third-order valence-corrected chi connectivity index (χ3v) is 6.47. The number of thioether (sulfide) groups is 1. The minimum Gasteiger partial charge on any atom is -0.489 e. The van der Waals surface area contributed by atoms with E-state index in [0.29, 0.717) is 24.6 Å². The predicted octanol–water partition coefficient (Wildman–Crippen LogP) is 4.35. The monoisotopic (exact) mass is 440 g/mol. The first kappa shape index (κ1) is 21.7. The van der Waals surface area contributed by atoms with Gasteiger partial charge in [0.1, 0.15) is 12.4 Å². The molecule has 0 radical (unpaired) electrons. The Bertz CT molecular complexity index is 912. The summed E-state index contributed by atoms with van der Waals surface area (Å²) < 4.78 is 11.7. The molecule has 4 rings (SSSR count). The third-order valence-electron chi connectivity index (χ3n) is 5.72. The Balaban J connectivity index is 1.37. The van der Waals surface area contributed by atoms with E-state index in [2.05, 4.69) is 5.32 Å². The fourth-order valence-electron chi connectivity index (χ4n) is 3.95. The first-order valence-corrected chi connectivity index (χ1v) is 11.9. The summed E-state index contributed by atoms with van der Waals surface area (Å²) in [5.74, 6) is 0.0268. The molecule has 0 aromatic heterocycles. The standard InChI is InChI=1S/C24H28N2O4S/c1-31-20-11-9-18(10-12-20)26-15-17(14-23(26)27)24(28)25-21-7-2-3-8-22(21)30-16-19-6-4-5-13-29-19/h2-3,7-12,17,19H,4-6,13-16H2,1H3,(H,25,28). The van der Waals surface area contributed by atoms with Crippen molar-refractivity contribution in [1.29, 1.82) is 0 Å². The van der Waals surface area contributed by atoms with Gasteiger partial charge in [0.25, 0.3) is 0 Å². The lowest BCUT2D eigenvalue weighted by atomic mass is 10.1. The Kier molecular flexibility index (Phi) is 7.14. The molecule has 0 bridgehead atoms. The van der Waals surface area contributed by atoms with Gasteiger partial charge in [-0.15, -0.1) is 11.8 Å². The average molecular weight is 441 g/mol. The van der Waals surface area contributed by atoms with Crippen LogP contribution in [-0.4, -0.2) is 43.9 Å². The second-order valence-corrected chi connectivity index (χ2v) is 8.77. The second kappa shape index (κ2) is 10.2. The van der Waals surface area contributed by atoms with E-state index < -0.39 is 5.92 Å². The van der Waals surface area contributed by atoms with Gasteiger partial charge < -0.3 is 19.7 Å². The Labute approximate surface area is 187 Å². The molecule has 2 atom stereocenters. The molecular formula is C24H28N2O4S. The second-order valence-electron chi connectivity index (χ2n) is 7.89. The zero-order valence-corrected chi connectivity index (χ0v) is 18.5. The zero-order valence-electron chi connectivity index (χ0n) is 17.7. The molecule has 2 fully saturated rings. The maximum Gasteiger partial charge on any atom is 0.229 e. The summed E-state index contributed by atoms with van der Waals surface area (Å²) in [6.07, 6.45) is 5.55. The van der Waals surface area contributed by atoms with Crippen molar-refractivity contribution >= 4 is 35.0 Å². The number of para-hydroxylation sites is 2. The van der Waals surface area contributed by atoms with Crippen LogP contribution in [0.5, 0.6) is 5.75 Å². The minimum absolute atomic E-state index is 0.0315. The molecule has 2 aliphatic heterocycles. The van der Waals surface area contributed by atoms with Crippen molar-refractivity contribution in [3.05, 3.63) is 48.5 Å². The van der Waals surface area contributed by atoms with Crippen LogP contribution in [0.2, 0.25) is 0 Å². The van der Waals surface area contributed by atoms with Crippen LogP contribution in [0.4, 0.5) is 11.4 Å². The van der Waals surface area contributed by atoms with Crippen LogP contribution in [0.1, 0.15) is 25.7 Å². The molecule has 0 spiro atoms. The molecule has 2 unspecified atom stereocenters. The van der Waals surface area contributed by atoms with Gasteiger partial charge in [-0.2, -0.15) is 0 Å². The van der Waals surface area contributed by atoms with E-state index >= 15 is 0 Å². The Morgan fingerprint density at radius 1 is 1.19 bits per heavy atom. The van der Waals surface area contributed by atoms with Crippen LogP contribution < -0.4 is 15.0 Å². The van der Waals surface area contributed by atoms with Crippen LogP contribution >= 0.6 is 11.8 Å². The fourth-order valence-corrected chi connectivity index (χ4v) is 4.36. The molecule has 164 valence electrons. The Morgan fingerprint density at radius 3 is 2.74 bits per heavy atom. The van der Waals surface area contributed by atoms with Gasteiger partial charge in [-0.05, 0) is 61.9 Å². The lowest BCUT2D eigenvalue weighted by Crippen LogP contribution is -2.28. The average Bonchev–Trinajstić information content (AvgIpc) is 3.21. The molecule has 7 heteroatoms. The molecule has 0 aliphatic carbocycles. The van der Waals surface area contributed by atoms with Crippen LogP contribution in [0.25, 0.3) is 0 Å². The first-order valence-electron chi connectivity index (χ1n) is 10.7. The maximum absolute atomic E-state index is 12.9. The number of carbonyl (C=O) groups excluding carboxylic acids is 2. The van der Waals surface area contributed by atoms with Gasteiger partial charge in [0.05, 0.1) is 17.7 Å². The number of carbonyl (C=O) groups is 2. The Morgan fingerprint density at radius 2 is 2.00 bits per heavy atom. The molecule has 6 nitrogen and oxygen atoms in total. The molecular weight excluding hydrogens is 412 g/mol. The van der Waals surface area contributed by atoms with Gasteiger partial charge in [-0.3, -0.25) is 9.59 Å². The van der Waals surface area contributed by atoms with Crippen LogP contribution in [0, 0.1) is 5.92 Å². The van der Waals surface area contributed by atoms with Crippen molar-refractivity contribution in [1.82, 2.24) is 0 Å². The fraction of sp³-hybridized carbons (Fsp3) is 0.417. The van der Waals surface area contributed by atoms with E-state index in [1.165, 1.54) is 0 Å². The summed E-state index contributed by atoms with van der Waals surface area (Å²) in [5.41, 5.74) is 1.45. The molecule has 2 aromatic rings. The van der Waals surface area contributed by atoms with Gasteiger partial charge in [0.15, 0.2) is 0 Å². The van der Waals surface area contributed by atoms with Crippen LogP contribution in [0.15, 0.2) is 53.4 Å². The molecule has 2 saturated heterocycles. The third kappa shape index (κ3) is 5.40. The van der Waals surface area contributed by atoms with E-state index in [-0.39, 0.29) is 24.3 Å². The number of nitrogens with zero attached hydrogens (tertiary/aromatic N) is 1. The van der Waals surface area contributed by atoms with E-state index in [9.17, 15) is 9.59 Å². The van der Waals surface area contributed by atoms with Crippen molar-refractivity contribution in [2.45, 2.75) is 36.7 Å². The SMILES string of the molecule is CSc1ccc(N2CC(C(=O)Nc3ccccc3OCC3CCCCO3)CC2=O)cc1. The van der Waals surface area contributed by atoms with Crippen molar-refractivity contribution < 1.29 is 19.1 Å². The summed E-state index contributed by atoms with van der Waals surface area (Å²) in [5, 5.41) is 2.96. The number of hydrogen-bond donors (Lipinski definition) is 1. The normalized spacial score (nSPS) is 21.2. The van der Waals surface area contributed by atoms with Gasteiger partial charge in [-0.25, -0.2) is 0 Å². The summed E-state index contributed by atoms with van der Waals surface area (Å²) in [7, 11) is 0. The quantitative estimate of drug-likeness (QED) is 0.649. The number of benzene rings is 2. The highest BCUT2D eigenvalue weighted by atomic mass is 32.2. The van der Waals surface area contributed by atoms with Crippen molar-refractivity contribution in [3.63, 3.8) is 0 Å². The number of amides is 2. The first-order chi connectivity index (χ1) is 15.1. The topological polar surface area (TPSA) is 67.9 Å². The summed E-state index contributed by atoms with van der Waals surface area (Å²) in [4.78, 5) is 28.3. The molecule has 2 aromatic carbocycles. The number of rotatable bonds is 7. The predicted molar refractivity (Wildman–Crippen MR) is 123 cm³/mol. The highest BCUT2D eigenvalue weighted by Crippen LogP contribution is 2.30.